The van der Waals surface area contributed by atoms with Crippen molar-refractivity contribution in [3.8, 4) is 0 Å². The predicted molar refractivity (Wildman–Crippen MR) is 233 cm³/mol. The fraction of sp³-hybridized carbons (Fsp3) is 0.939. The third kappa shape index (κ3) is 43.4. The lowest BCUT2D eigenvalue weighted by atomic mass is 10.0. The first-order valence-corrected chi connectivity index (χ1v) is 24.4. The second kappa shape index (κ2) is 43.5. The van der Waals surface area contributed by atoms with E-state index >= 15 is 0 Å². The van der Waals surface area contributed by atoms with E-state index in [1.807, 2.05) is 0 Å². The fourth-order valence-electron chi connectivity index (χ4n) is 7.33. The summed E-state index contributed by atoms with van der Waals surface area (Å²) in [4.78, 5) is 37.7. The molecule has 0 heterocycles. The Kier molecular flexibility index (Phi) is 42.3. The average molecular weight is 779 g/mol. The number of hydrogen-bond donors (Lipinski definition) is 0. The van der Waals surface area contributed by atoms with Gasteiger partial charge in [0.25, 0.3) is 0 Å². The average Bonchev–Trinajstić information content (AvgIpc) is 3.17. The van der Waals surface area contributed by atoms with Crippen LogP contribution >= 0.6 is 0 Å². The summed E-state index contributed by atoms with van der Waals surface area (Å²) in [5.74, 6) is -0.0307. The van der Waals surface area contributed by atoms with Gasteiger partial charge in [-0.3, -0.25) is 14.4 Å². The summed E-state index contributed by atoms with van der Waals surface area (Å²) in [6.07, 6.45) is 43.8. The molecular formula is C49H94O6. The van der Waals surface area contributed by atoms with Gasteiger partial charge in [0.15, 0.2) is 6.10 Å². The number of rotatable bonds is 44. The zero-order valence-corrected chi connectivity index (χ0v) is 37.4. The molecule has 0 N–H and O–H groups in total. The molecule has 326 valence electrons. The number of unbranched alkanes of at least 4 members (excludes halogenated alkanes) is 31. The first-order chi connectivity index (χ1) is 26.9. The molecule has 6 heteroatoms. The van der Waals surface area contributed by atoms with Gasteiger partial charge in [-0.15, -0.1) is 0 Å². The topological polar surface area (TPSA) is 78.9 Å². The lowest BCUT2D eigenvalue weighted by Crippen LogP contribution is -2.30. The van der Waals surface area contributed by atoms with Gasteiger partial charge in [0.1, 0.15) is 13.2 Å². The summed E-state index contributed by atoms with van der Waals surface area (Å²) in [6.45, 7) is 8.97. The molecule has 1 atom stereocenters. The molecule has 0 fully saturated rings. The molecule has 0 amide bonds. The Labute approximate surface area is 342 Å². The highest BCUT2D eigenvalue weighted by Gasteiger charge is 2.19. The molecule has 0 aromatic carbocycles. The SMILES string of the molecule is CCCCCCCCCCCCCCCCCCC(=O)OC[C@H](COC(=O)CCCCCCCCC)OC(=O)CCCCCCCCCCCCCC(C)C. The molecule has 0 saturated carbocycles. The maximum absolute atomic E-state index is 12.7. The molecular weight excluding hydrogens is 685 g/mol. The van der Waals surface area contributed by atoms with Gasteiger partial charge in [-0.05, 0) is 25.2 Å². The summed E-state index contributed by atoms with van der Waals surface area (Å²) in [6, 6.07) is 0. The standard InChI is InChI=1S/C49H94O6/c1-5-7-9-11-13-14-15-16-17-18-19-22-25-29-33-37-41-48(51)54-44-46(43-53-47(50)40-36-32-27-12-10-8-6-2)55-49(52)42-38-34-30-26-23-20-21-24-28-31-35-39-45(3)4/h45-46H,5-44H2,1-4H3/t46-/m0/s1. The highest BCUT2D eigenvalue weighted by molar-refractivity contribution is 5.71. The second-order valence-electron chi connectivity index (χ2n) is 17.2. The van der Waals surface area contributed by atoms with E-state index in [1.54, 1.807) is 0 Å². The maximum Gasteiger partial charge on any atom is 0.306 e. The molecule has 0 aromatic heterocycles. The number of hydrogen-bond acceptors (Lipinski definition) is 6. The van der Waals surface area contributed by atoms with Gasteiger partial charge in [0, 0.05) is 19.3 Å². The van der Waals surface area contributed by atoms with Crippen LogP contribution in [0.25, 0.3) is 0 Å². The zero-order valence-electron chi connectivity index (χ0n) is 37.4. The van der Waals surface area contributed by atoms with E-state index in [-0.39, 0.29) is 31.1 Å². The Bertz CT molecular complexity index is 826. The van der Waals surface area contributed by atoms with Crippen LogP contribution in [0.15, 0.2) is 0 Å². The van der Waals surface area contributed by atoms with Crippen LogP contribution in [0, 0.1) is 5.92 Å². The van der Waals surface area contributed by atoms with Crippen LogP contribution in [-0.4, -0.2) is 37.2 Å². The molecule has 0 aliphatic heterocycles. The molecule has 0 aliphatic rings. The van der Waals surface area contributed by atoms with Gasteiger partial charge in [0.05, 0.1) is 0 Å². The van der Waals surface area contributed by atoms with Crippen molar-refractivity contribution in [1.29, 1.82) is 0 Å². The van der Waals surface area contributed by atoms with E-state index in [0.717, 1.165) is 63.7 Å². The van der Waals surface area contributed by atoms with E-state index < -0.39 is 6.10 Å². The minimum absolute atomic E-state index is 0.0636. The molecule has 0 spiro atoms. The Morgan fingerprint density at radius 3 is 0.891 bits per heavy atom. The van der Waals surface area contributed by atoms with Gasteiger partial charge in [-0.1, -0.05) is 233 Å². The monoisotopic (exact) mass is 779 g/mol. The van der Waals surface area contributed by atoms with Crippen molar-refractivity contribution < 1.29 is 28.6 Å². The van der Waals surface area contributed by atoms with Gasteiger partial charge in [-0.2, -0.15) is 0 Å². The van der Waals surface area contributed by atoms with Crippen molar-refractivity contribution in [2.24, 2.45) is 5.92 Å². The van der Waals surface area contributed by atoms with Crippen LogP contribution in [-0.2, 0) is 28.6 Å². The van der Waals surface area contributed by atoms with Crippen molar-refractivity contribution in [2.75, 3.05) is 13.2 Å². The van der Waals surface area contributed by atoms with Crippen LogP contribution in [0.1, 0.15) is 272 Å². The van der Waals surface area contributed by atoms with Crippen LogP contribution in [0.3, 0.4) is 0 Å². The van der Waals surface area contributed by atoms with E-state index in [9.17, 15) is 14.4 Å². The summed E-state index contributed by atoms with van der Waals surface area (Å²) in [5, 5.41) is 0. The van der Waals surface area contributed by atoms with E-state index in [1.165, 1.54) is 167 Å². The fourth-order valence-corrected chi connectivity index (χ4v) is 7.33. The Balaban J connectivity index is 4.22. The molecule has 6 nitrogen and oxygen atoms in total. The van der Waals surface area contributed by atoms with Gasteiger partial charge in [0.2, 0.25) is 0 Å². The molecule has 0 bridgehead atoms. The molecule has 0 rings (SSSR count). The highest BCUT2D eigenvalue weighted by Crippen LogP contribution is 2.17. The molecule has 0 radical (unpaired) electrons. The molecule has 55 heavy (non-hydrogen) atoms. The van der Waals surface area contributed by atoms with Crippen molar-refractivity contribution in [3.05, 3.63) is 0 Å². The maximum atomic E-state index is 12.7. The third-order valence-electron chi connectivity index (χ3n) is 11.0. The summed E-state index contributed by atoms with van der Waals surface area (Å²) in [5.41, 5.74) is 0. The number of carbonyl (C=O) groups excluding carboxylic acids is 3. The van der Waals surface area contributed by atoms with E-state index in [0.29, 0.717) is 19.3 Å². The lowest BCUT2D eigenvalue weighted by Gasteiger charge is -2.18. The minimum atomic E-state index is -0.759. The Morgan fingerprint density at radius 1 is 0.345 bits per heavy atom. The van der Waals surface area contributed by atoms with Crippen LogP contribution in [0.2, 0.25) is 0 Å². The minimum Gasteiger partial charge on any atom is -0.462 e. The number of carbonyl (C=O) groups is 3. The van der Waals surface area contributed by atoms with Crippen molar-refractivity contribution in [1.82, 2.24) is 0 Å². The number of ether oxygens (including phenoxy) is 3. The lowest BCUT2D eigenvalue weighted by molar-refractivity contribution is -0.167. The molecule has 0 unspecified atom stereocenters. The van der Waals surface area contributed by atoms with Crippen LogP contribution in [0.4, 0.5) is 0 Å². The quantitative estimate of drug-likeness (QED) is 0.0348. The van der Waals surface area contributed by atoms with Crippen molar-refractivity contribution >= 4 is 17.9 Å². The largest absolute Gasteiger partial charge is 0.462 e. The predicted octanol–water partition coefficient (Wildman–Crippen LogP) is 15.5. The second-order valence-corrected chi connectivity index (χ2v) is 17.2. The summed E-state index contributed by atoms with van der Waals surface area (Å²) < 4.78 is 16.7. The summed E-state index contributed by atoms with van der Waals surface area (Å²) in [7, 11) is 0. The smallest absolute Gasteiger partial charge is 0.306 e. The molecule has 0 saturated heterocycles. The summed E-state index contributed by atoms with van der Waals surface area (Å²) >= 11 is 0. The molecule has 0 aliphatic carbocycles. The van der Waals surface area contributed by atoms with E-state index in [2.05, 4.69) is 27.7 Å². The Hall–Kier alpha value is -1.59. The molecule has 0 aromatic rings. The van der Waals surface area contributed by atoms with Crippen molar-refractivity contribution in [3.63, 3.8) is 0 Å². The Morgan fingerprint density at radius 2 is 0.600 bits per heavy atom. The van der Waals surface area contributed by atoms with Gasteiger partial charge >= 0.3 is 17.9 Å². The first-order valence-electron chi connectivity index (χ1n) is 24.4. The van der Waals surface area contributed by atoms with Crippen molar-refractivity contribution in [2.45, 2.75) is 278 Å². The van der Waals surface area contributed by atoms with Gasteiger partial charge < -0.3 is 14.2 Å². The highest BCUT2D eigenvalue weighted by atomic mass is 16.6. The van der Waals surface area contributed by atoms with E-state index in [4.69, 9.17) is 14.2 Å². The van der Waals surface area contributed by atoms with Crippen LogP contribution in [0.5, 0.6) is 0 Å². The number of esters is 3. The van der Waals surface area contributed by atoms with Crippen LogP contribution < -0.4 is 0 Å². The third-order valence-corrected chi connectivity index (χ3v) is 11.0. The van der Waals surface area contributed by atoms with Gasteiger partial charge in [-0.25, -0.2) is 0 Å². The first kappa shape index (κ1) is 53.4. The zero-order chi connectivity index (χ0) is 40.3. The normalized spacial score (nSPS) is 11.9.